The number of carbonyl (C=O) groups is 3. The summed E-state index contributed by atoms with van der Waals surface area (Å²) in [5, 5.41) is 17.8. The standard InChI is InChI=1S/C34H29F5N4O5.C24H23N3O4.C11H10BrNO2/c1-4-26(34(37,38)39)41-18-15-22(35)28(23(36)16-18)31(44)42-24(33(46)47)14-17-11-12-21(29-19(17)9-7-13-40-29)27-30(48-3)20-8-5-6-10-25(20)43(2)32(27)45;1-27-19-9-5-4-7-16(19)22(30-2)20(23(27)28)17-11-10-14(13-18(25)24(29)31-3)15-8-6-12-26-21(15)17;1-13-8-6-4-3-5-7(8)10(15-2)9(12)11(13)14/h5-13,15-16,24,26,41H,4,14H2,1-3H3,(H,42,44)(H,46,47);4-12,18H,13,25H2,1-3H3;3-6H,1-2H3/t24-,26+;18-;/m00./s1. The van der Waals surface area contributed by atoms with E-state index in [1.807, 2.05) is 78.1 Å². The molecule has 0 saturated carbocycles. The highest BCUT2D eigenvalue weighted by molar-refractivity contribution is 9.10. The lowest BCUT2D eigenvalue weighted by Gasteiger charge is -2.22. The fraction of sp³-hybridized carbons (Fsp3) is 0.217. The fourth-order valence-electron chi connectivity index (χ4n) is 11.3. The zero-order valence-corrected chi connectivity index (χ0v) is 53.4. The molecule has 486 valence electrons. The van der Waals surface area contributed by atoms with Crippen LogP contribution in [0.15, 0.2) is 165 Å². The first-order valence-corrected chi connectivity index (χ1v) is 29.8. The Kier molecular flexibility index (Phi) is 20.6. The Balaban J connectivity index is 0.000000191. The molecule has 0 spiro atoms. The summed E-state index contributed by atoms with van der Waals surface area (Å²) in [7, 11) is 11.0. The number of carboxylic acid groups (broad SMARTS) is 1. The third-order valence-corrected chi connectivity index (χ3v) is 16.7. The molecule has 25 heteroatoms. The molecule has 5 N–H and O–H groups in total. The number of aliphatic carboxylic acids is 1. The number of nitrogens with one attached hydrogen (secondary N) is 2. The summed E-state index contributed by atoms with van der Waals surface area (Å²) in [4.78, 5) is 84.8. The molecule has 11 rings (SSSR count). The van der Waals surface area contributed by atoms with Crippen LogP contribution in [0.5, 0.6) is 17.2 Å². The molecule has 94 heavy (non-hydrogen) atoms. The molecule has 0 fully saturated rings. The number of hydrogen-bond acceptors (Lipinski definition) is 14. The maximum atomic E-state index is 14.9. The number of para-hydroxylation sites is 3. The number of nitrogens with zero attached hydrogens (tertiary/aromatic N) is 5. The monoisotopic (exact) mass is 1350 g/mol. The highest BCUT2D eigenvalue weighted by Gasteiger charge is 2.39. The summed E-state index contributed by atoms with van der Waals surface area (Å²) >= 11 is 3.25. The highest BCUT2D eigenvalue weighted by atomic mass is 79.9. The van der Waals surface area contributed by atoms with Crippen molar-refractivity contribution in [3.8, 4) is 39.5 Å². The topological polar surface area (TPSA) is 250 Å². The molecule has 5 heterocycles. The highest BCUT2D eigenvalue weighted by Crippen LogP contribution is 2.40. The summed E-state index contributed by atoms with van der Waals surface area (Å²) in [5.74, 6) is -4.98. The number of benzene rings is 6. The maximum absolute atomic E-state index is 14.9. The first kappa shape index (κ1) is 67.9. The number of amides is 1. The van der Waals surface area contributed by atoms with E-state index in [0.29, 0.717) is 89.9 Å². The number of esters is 1. The van der Waals surface area contributed by atoms with Gasteiger partial charge < -0.3 is 54.1 Å². The number of halogens is 6. The molecule has 0 radical (unpaired) electrons. The summed E-state index contributed by atoms with van der Waals surface area (Å²) in [6, 6.07) is 32.7. The van der Waals surface area contributed by atoms with Gasteiger partial charge in [-0.25, -0.2) is 13.6 Å². The van der Waals surface area contributed by atoms with Gasteiger partial charge in [-0.05, 0) is 101 Å². The van der Waals surface area contributed by atoms with Crippen LogP contribution in [0.25, 0.3) is 76.8 Å². The number of anilines is 1. The van der Waals surface area contributed by atoms with Gasteiger partial charge in [0.1, 0.15) is 57.0 Å². The SMILES string of the molecule is CC[C@@H](Nc1cc(F)c(C(=O)N[C@@H](Cc2ccc(-c3c(OC)c4ccccc4n(C)c3=O)c3ncccc23)C(=O)O)c(F)c1)C(F)(F)F.COC(=O)[C@@H](N)Cc1ccc(-c2c(OC)c3ccccc3n(C)c2=O)c2ncccc12.COc1c(Br)c(=O)n(C)c2ccccc12. The van der Waals surface area contributed by atoms with Crippen LogP contribution < -0.4 is 47.3 Å². The Morgan fingerprint density at radius 1 is 0.606 bits per heavy atom. The van der Waals surface area contributed by atoms with Crippen LogP contribution in [0.3, 0.4) is 0 Å². The second-order valence-corrected chi connectivity index (χ2v) is 22.3. The molecule has 19 nitrogen and oxygen atoms in total. The van der Waals surface area contributed by atoms with E-state index in [9.17, 15) is 55.8 Å². The van der Waals surface area contributed by atoms with Crippen molar-refractivity contribution in [3.63, 3.8) is 0 Å². The maximum Gasteiger partial charge on any atom is 0.408 e. The quantitative estimate of drug-likeness (QED) is 0.0519. The van der Waals surface area contributed by atoms with Crippen LogP contribution in [0.1, 0.15) is 34.8 Å². The number of aryl methyl sites for hydroxylation is 3. The van der Waals surface area contributed by atoms with Crippen LogP contribution >= 0.6 is 15.9 Å². The number of alkyl halides is 3. The van der Waals surface area contributed by atoms with E-state index in [4.69, 9.17) is 24.7 Å². The largest absolute Gasteiger partial charge is 0.495 e. The van der Waals surface area contributed by atoms with Gasteiger partial charge in [-0.3, -0.25) is 33.9 Å². The minimum absolute atomic E-state index is 0.0921. The molecule has 6 aromatic carbocycles. The molecular formula is C69H62BrF5N8O11. The van der Waals surface area contributed by atoms with E-state index in [1.54, 1.807) is 99.2 Å². The number of aromatic nitrogens is 5. The fourth-order valence-corrected chi connectivity index (χ4v) is 11.9. The number of carboxylic acids is 1. The van der Waals surface area contributed by atoms with E-state index in [1.165, 1.54) is 31.9 Å². The number of methoxy groups -OCH3 is 4. The molecule has 11 aromatic rings. The van der Waals surface area contributed by atoms with Gasteiger partial charge in [0, 0.05) is 83.7 Å². The van der Waals surface area contributed by atoms with E-state index >= 15 is 0 Å². The van der Waals surface area contributed by atoms with Crippen molar-refractivity contribution in [2.75, 3.05) is 33.8 Å². The lowest BCUT2D eigenvalue weighted by Crippen LogP contribution is -2.43. The van der Waals surface area contributed by atoms with Crippen LogP contribution in [0.4, 0.5) is 27.6 Å². The summed E-state index contributed by atoms with van der Waals surface area (Å²) < 4.78 is 95.8. The molecular weight excluding hydrogens is 1290 g/mol. The Labute approximate surface area is 541 Å². The third-order valence-electron chi connectivity index (χ3n) is 16.0. The molecule has 3 atom stereocenters. The molecule has 0 aliphatic heterocycles. The van der Waals surface area contributed by atoms with Gasteiger partial charge in [0.05, 0.1) is 67.1 Å². The van der Waals surface area contributed by atoms with Crippen molar-refractivity contribution in [1.29, 1.82) is 0 Å². The van der Waals surface area contributed by atoms with Crippen molar-refractivity contribution in [2.45, 2.75) is 50.5 Å². The molecule has 0 aliphatic rings. The number of carbonyl (C=O) groups excluding carboxylic acids is 2. The van der Waals surface area contributed by atoms with Gasteiger partial charge in [-0.15, -0.1) is 0 Å². The molecule has 5 aromatic heterocycles. The van der Waals surface area contributed by atoms with Gasteiger partial charge in [-0.1, -0.05) is 79.7 Å². The Morgan fingerprint density at radius 3 is 1.44 bits per heavy atom. The van der Waals surface area contributed by atoms with Crippen LogP contribution in [-0.2, 0) is 48.3 Å². The van der Waals surface area contributed by atoms with Crippen molar-refractivity contribution >= 4 is 94.0 Å². The number of rotatable bonds is 16. The number of nitrogens with two attached hydrogens (primary N) is 1. The molecule has 0 saturated heterocycles. The van der Waals surface area contributed by atoms with Gasteiger partial charge >= 0.3 is 18.1 Å². The molecule has 0 aliphatic carbocycles. The number of ether oxygens (including phenoxy) is 4. The van der Waals surface area contributed by atoms with E-state index in [2.05, 4.69) is 31.2 Å². The Bertz CT molecular complexity index is 4940. The predicted molar refractivity (Wildman–Crippen MR) is 353 cm³/mol. The molecule has 1 amide bonds. The number of hydrogen-bond donors (Lipinski definition) is 4. The number of pyridine rings is 5. The lowest BCUT2D eigenvalue weighted by atomic mass is 9.94. The molecule has 0 unspecified atom stereocenters. The van der Waals surface area contributed by atoms with Crippen LogP contribution in [0, 0.1) is 11.6 Å². The summed E-state index contributed by atoms with van der Waals surface area (Å²) in [6.07, 6.45) is -2.02. The van der Waals surface area contributed by atoms with Gasteiger partial charge in [0.15, 0.2) is 0 Å². The Morgan fingerprint density at radius 2 is 1.02 bits per heavy atom. The van der Waals surface area contributed by atoms with Gasteiger partial charge in [0.2, 0.25) is 0 Å². The first-order valence-electron chi connectivity index (χ1n) is 29.0. The Hall–Kier alpha value is -10.5. The minimum atomic E-state index is -4.69. The second kappa shape index (κ2) is 28.5. The van der Waals surface area contributed by atoms with Gasteiger partial charge in [-0.2, -0.15) is 13.2 Å². The van der Waals surface area contributed by atoms with Crippen LogP contribution in [0.2, 0.25) is 0 Å². The van der Waals surface area contributed by atoms with E-state index < -0.39 is 71.5 Å². The normalized spacial score (nSPS) is 12.3. The van der Waals surface area contributed by atoms with Crippen molar-refractivity contribution in [2.24, 2.45) is 26.9 Å². The van der Waals surface area contributed by atoms with E-state index in [-0.39, 0.29) is 28.7 Å². The van der Waals surface area contributed by atoms with Crippen molar-refractivity contribution in [1.82, 2.24) is 29.0 Å². The predicted octanol–water partition coefficient (Wildman–Crippen LogP) is 11.3. The number of fused-ring (bicyclic) bond motifs is 5. The van der Waals surface area contributed by atoms with Crippen LogP contribution in [-0.4, -0.2) is 99.4 Å². The van der Waals surface area contributed by atoms with E-state index in [0.717, 1.165) is 32.8 Å². The minimum Gasteiger partial charge on any atom is -0.495 e. The van der Waals surface area contributed by atoms with Gasteiger partial charge in [0.25, 0.3) is 22.6 Å². The zero-order chi connectivity index (χ0) is 68.0. The summed E-state index contributed by atoms with van der Waals surface area (Å²) in [6.45, 7) is 1.24. The first-order chi connectivity index (χ1) is 44.9. The zero-order valence-electron chi connectivity index (χ0n) is 51.8. The second-order valence-electron chi connectivity index (χ2n) is 21.5. The van der Waals surface area contributed by atoms with Crippen molar-refractivity contribution < 1.29 is 60.4 Å². The molecule has 0 bridgehead atoms. The summed E-state index contributed by atoms with van der Waals surface area (Å²) in [5.41, 5.74) is 9.86. The average Bonchev–Trinajstić information content (AvgIpc) is 0.755. The average molecular weight is 1350 g/mol. The third kappa shape index (κ3) is 13.4. The smallest absolute Gasteiger partial charge is 0.408 e. The lowest BCUT2D eigenvalue weighted by molar-refractivity contribution is -0.143. The van der Waals surface area contributed by atoms with Crippen molar-refractivity contribution in [3.05, 3.63) is 210 Å².